The average molecular weight is 378 g/mol. The number of nitrogens with zero attached hydrogens (tertiary/aromatic N) is 2. The summed E-state index contributed by atoms with van der Waals surface area (Å²) >= 11 is 0. The van der Waals surface area contributed by atoms with Crippen LogP contribution in [0.3, 0.4) is 0 Å². The number of hydrazine groups is 1. The minimum atomic E-state index is -0.430. The first-order valence-electron chi connectivity index (χ1n) is 8.97. The van der Waals surface area contributed by atoms with Gasteiger partial charge >= 0.3 is 0 Å². The Morgan fingerprint density at radius 1 is 1.00 bits per heavy atom. The molecule has 0 radical (unpaired) electrons. The topological polar surface area (TPSA) is 85.3 Å². The second-order valence-electron chi connectivity index (χ2n) is 6.14. The van der Waals surface area contributed by atoms with Gasteiger partial charge in [-0.25, -0.2) is 4.68 Å². The summed E-state index contributed by atoms with van der Waals surface area (Å²) in [6, 6.07) is 19.0. The summed E-state index contributed by atoms with van der Waals surface area (Å²) in [5, 5.41) is 4.59. The fourth-order valence-corrected chi connectivity index (χ4v) is 2.70. The lowest BCUT2D eigenvalue weighted by atomic mass is 10.1. The van der Waals surface area contributed by atoms with Crippen LogP contribution in [0, 0.1) is 0 Å². The van der Waals surface area contributed by atoms with Crippen LogP contribution in [0.5, 0.6) is 0 Å². The Kier molecular flexibility index (Phi) is 6.54. The molecule has 28 heavy (non-hydrogen) atoms. The summed E-state index contributed by atoms with van der Waals surface area (Å²) < 4.78 is 6.57. The number of carbonyl (C=O) groups is 2. The van der Waals surface area contributed by atoms with Gasteiger partial charge in [0.25, 0.3) is 5.91 Å². The van der Waals surface area contributed by atoms with E-state index in [-0.39, 0.29) is 12.3 Å². The van der Waals surface area contributed by atoms with Crippen LogP contribution in [0.15, 0.2) is 66.9 Å². The van der Waals surface area contributed by atoms with Gasteiger partial charge in [-0.15, -0.1) is 0 Å². The number of benzene rings is 2. The molecule has 0 unspecified atom stereocenters. The van der Waals surface area contributed by atoms with E-state index >= 15 is 0 Å². The van der Waals surface area contributed by atoms with Gasteiger partial charge < -0.3 is 4.74 Å². The Labute approximate surface area is 163 Å². The van der Waals surface area contributed by atoms with Crippen LogP contribution in [-0.4, -0.2) is 35.3 Å². The van der Waals surface area contributed by atoms with E-state index in [1.54, 1.807) is 18.0 Å². The molecule has 3 aromatic rings. The fourth-order valence-electron chi connectivity index (χ4n) is 2.70. The molecule has 1 aromatic heterocycles. The fraction of sp³-hybridized carbons (Fsp3) is 0.190. The second-order valence-corrected chi connectivity index (χ2v) is 6.14. The lowest BCUT2D eigenvalue weighted by Gasteiger charge is -2.07. The van der Waals surface area contributed by atoms with Gasteiger partial charge in [0, 0.05) is 31.9 Å². The monoisotopic (exact) mass is 378 g/mol. The molecule has 0 aliphatic carbocycles. The van der Waals surface area contributed by atoms with Crippen molar-refractivity contribution in [2.24, 2.45) is 0 Å². The Balaban J connectivity index is 1.81. The third kappa shape index (κ3) is 4.83. The molecule has 2 amide bonds. The largest absolute Gasteiger partial charge is 0.385 e. The lowest BCUT2D eigenvalue weighted by molar-refractivity contribution is -0.122. The lowest BCUT2D eigenvalue weighted by Crippen LogP contribution is -2.41. The summed E-state index contributed by atoms with van der Waals surface area (Å²) in [4.78, 5) is 24.5. The van der Waals surface area contributed by atoms with E-state index < -0.39 is 5.91 Å². The quantitative estimate of drug-likeness (QED) is 0.489. The van der Waals surface area contributed by atoms with E-state index in [0.29, 0.717) is 24.3 Å². The second kappa shape index (κ2) is 9.48. The molecule has 7 heteroatoms. The molecule has 144 valence electrons. The molecular formula is C21H22N4O3. The number of methoxy groups -OCH3 is 1. The number of para-hydroxylation sites is 1. The maximum absolute atomic E-state index is 12.7. The van der Waals surface area contributed by atoms with Crippen molar-refractivity contribution in [1.29, 1.82) is 0 Å². The van der Waals surface area contributed by atoms with E-state index in [0.717, 1.165) is 11.3 Å². The highest BCUT2D eigenvalue weighted by Gasteiger charge is 2.19. The van der Waals surface area contributed by atoms with Gasteiger partial charge in [-0.3, -0.25) is 20.4 Å². The first-order valence-corrected chi connectivity index (χ1v) is 8.97. The van der Waals surface area contributed by atoms with E-state index in [2.05, 4.69) is 16.0 Å². The summed E-state index contributed by atoms with van der Waals surface area (Å²) in [5.41, 5.74) is 7.46. The molecule has 7 nitrogen and oxygen atoms in total. The normalized spacial score (nSPS) is 10.5. The van der Waals surface area contributed by atoms with Crippen molar-refractivity contribution < 1.29 is 14.3 Å². The Morgan fingerprint density at radius 3 is 2.36 bits per heavy atom. The molecule has 0 fully saturated rings. The molecule has 2 N–H and O–H groups in total. The molecular weight excluding hydrogens is 356 g/mol. The van der Waals surface area contributed by atoms with Gasteiger partial charge in [0.05, 0.1) is 11.3 Å². The number of carbonyl (C=O) groups excluding carboxylic acids is 2. The molecule has 0 aliphatic rings. The van der Waals surface area contributed by atoms with Crippen LogP contribution in [0.4, 0.5) is 0 Å². The van der Waals surface area contributed by atoms with Crippen molar-refractivity contribution in [1.82, 2.24) is 20.6 Å². The van der Waals surface area contributed by atoms with Crippen molar-refractivity contribution in [3.05, 3.63) is 72.4 Å². The number of hydrogen-bond donors (Lipinski definition) is 2. The van der Waals surface area contributed by atoms with Gasteiger partial charge in [-0.1, -0.05) is 48.5 Å². The summed E-state index contributed by atoms with van der Waals surface area (Å²) in [7, 11) is 1.58. The first kappa shape index (κ1) is 19.3. The highest BCUT2D eigenvalue weighted by molar-refractivity contribution is 6.00. The van der Waals surface area contributed by atoms with Gasteiger partial charge in [0.15, 0.2) is 0 Å². The number of ether oxygens (including phenoxy) is 1. The van der Waals surface area contributed by atoms with Crippen molar-refractivity contribution in [2.45, 2.75) is 12.8 Å². The Morgan fingerprint density at radius 2 is 1.68 bits per heavy atom. The van der Waals surface area contributed by atoms with Crippen LogP contribution in [0.25, 0.3) is 16.9 Å². The van der Waals surface area contributed by atoms with Crippen LogP contribution in [-0.2, 0) is 9.53 Å². The standard InChI is InChI=1S/C21H22N4O3/c1-28-14-8-13-19(26)22-23-21(27)18-15-25(17-11-6-3-7-12-17)24-20(18)16-9-4-2-5-10-16/h2-7,9-12,15H,8,13-14H2,1H3,(H,22,26)(H,23,27). The smallest absolute Gasteiger partial charge is 0.273 e. The summed E-state index contributed by atoms with van der Waals surface area (Å²) in [5.74, 6) is -0.705. The first-order chi connectivity index (χ1) is 13.7. The van der Waals surface area contributed by atoms with Gasteiger partial charge in [0.1, 0.15) is 5.69 Å². The summed E-state index contributed by atoms with van der Waals surface area (Å²) in [6.07, 6.45) is 2.51. The van der Waals surface area contributed by atoms with Gasteiger partial charge in [-0.05, 0) is 18.6 Å². The predicted molar refractivity (Wildman–Crippen MR) is 106 cm³/mol. The predicted octanol–water partition coefficient (Wildman–Crippen LogP) is 2.73. The van der Waals surface area contributed by atoms with Crippen LogP contribution >= 0.6 is 0 Å². The number of nitrogens with one attached hydrogen (secondary N) is 2. The third-order valence-electron chi connectivity index (χ3n) is 4.09. The van der Waals surface area contributed by atoms with Gasteiger partial charge in [-0.2, -0.15) is 5.10 Å². The number of amides is 2. The maximum Gasteiger partial charge on any atom is 0.273 e. The SMILES string of the molecule is COCCCC(=O)NNC(=O)c1cn(-c2ccccc2)nc1-c1ccccc1. The highest BCUT2D eigenvalue weighted by Crippen LogP contribution is 2.23. The van der Waals surface area contributed by atoms with Crippen LogP contribution in [0.2, 0.25) is 0 Å². The molecule has 0 aliphatic heterocycles. The maximum atomic E-state index is 12.7. The van der Waals surface area contributed by atoms with Crippen molar-refractivity contribution in [3.8, 4) is 16.9 Å². The molecule has 3 rings (SSSR count). The zero-order chi connectivity index (χ0) is 19.8. The van der Waals surface area contributed by atoms with Crippen LogP contribution in [0.1, 0.15) is 23.2 Å². The van der Waals surface area contributed by atoms with Crippen molar-refractivity contribution in [2.75, 3.05) is 13.7 Å². The number of hydrogen-bond acceptors (Lipinski definition) is 4. The van der Waals surface area contributed by atoms with Crippen LogP contribution < -0.4 is 10.9 Å². The minimum Gasteiger partial charge on any atom is -0.385 e. The van der Waals surface area contributed by atoms with Crippen molar-refractivity contribution in [3.63, 3.8) is 0 Å². The Bertz CT molecular complexity index is 923. The molecule has 0 spiro atoms. The Hall–Kier alpha value is -3.45. The molecule has 0 atom stereocenters. The molecule has 0 bridgehead atoms. The molecule has 2 aromatic carbocycles. The number of rotatable bonds is 7. The molecule has 0 saturated heterocycles. The minimum absolute atomic E-state index is 0.267. The molecule has 0 saturated carbocycles. The van der Waals surface area contributed by atoms with E-state index in [1.807, 2.05) is 60.7 Å². The van der Waals surface area contributed by atoms with Crippen molar-refractivity contribution >= 4 is 11.8 Å². The van der Waals surface area contributed by atoms with E-state index in [4.69, 9.17) is 4.74 Å². The third-order valence-corrected chi connectivity index (χ3v) is 4.09. The number of aromatic nitrogens is 2. The zero-order valence-electron chi connectivity index (χ0n) is 15.6. The molecule has 1 heterocycles. The average Bonchev–Trinajstić information content (AvgIpc) is 3.19. The van der Waals surface area contributed by atoms with E-state index in [9.17, 15) is 9.59 Å². The van der Waals surface area contributed by atoms with Gasteiger partial charge in [0.2, 0.25) is 5.91 Å². The highest BCUT2D eigenvalue weighted by atomic mass is 16.5. The van der Waals surface area contributed by atoms with E-state index in [1.165, 1.54) is 0 Å². The summed E-state index contributed by atoms with van der Waals surface area (Å²) in [6.45, 7) is 0.489. The zero-order valence-corrected chi connectivity index (χ0v) is 15.6.